The zero-order valence-corrected chi connectivity index (χ0v) is 18.9. The van der Waals surface area contributed by atoms with Gasteiger partial charge in [-0.2, -0.15) is 0 Å². The lowest BCUT2D eigenvalue weighted by Gasteiger charge is -2.29. The molecule has 2 unspecified atom stereocenters. The first-order valence-corrected chi connectivity index (χ1v) is 11.2. The Morgan fingerprint density at radius 2 is 1.97 bits per heavy atom. The standard InChI is InChI=1S/C23H33N5S/c1-16-15-19(17(2)28(16)18-9-5-6-10-18)22-21(20-11-7-8-12-24-20)25-23(29)27(22)14-13-26(3)4/h7-8,11-12,15,18,21-22H,5-6,9-10,13-14H2,1-4H3,(H,25,29). The molecular weight excluding hydrogens is 378 g/mol. The first kappa shape index (κ1) is 20.4. The molecule has 2 atom stereocenters. The third kappa shape index (κ3) is 3.92. The van der Waals surface area contributed by atoms with Gasteiger partial charge in [0.15, 0.2) is 5.11 Å². The molecule has 3 heterocycles. The van der Waals surface area contributed by atoms with E-state index >= 15 is 0 Å². The number of hydrogen-bond donors (Lipinski definition) is 1. The highest BCUT2D eigenvalue weighted by atomic mass is 32.1. The lowest BCUT2D eigenvalue weighted by Crippen LogP contribution is -2.35. The first-order chi connectivity index (χ1) is 14.0. The van der Waals surface area contributed by atoms with Crippen molar-refractivity contribution in [1.29, 1.82) is 0 Å². The van der Waals surface area contributed by atoms with Gasteiger partial charge in [0.05, 0.1) is 17.8 Å². The molecule has 1 N–H and O–H groups in total. The summed E-state index contributed by atoms with van der Waals surface area (Å²) in [6.07, 6.45) is 7.16. The molecular formula is C23H33N5S. The number of hydrogen-bond acceptors (Lipinski definition) is 3. The Kier molecular flexibility index (Phi) is 5.93. The lowest BCUT2D eigenvalue weighted by atomic mass is 9.96. The summed E-state index contributed by atoms with van der Waals surface area (Å²) in [6, 6.07) is 9.43. The topological polar surface area (TPSA) is 36.3 Å². The van der Waals surface area contributed by atoms with Crippen molar-refractivity contribution in [2.75, 3.05) is 27.2 Å². The Bertz CT molecular complexity index is 854. The monoisotopic (exact) mass is 411 g/mol. The molecule has 2 fully saturated rings. The van der Waals surface area contributed by atoms with E-state index < -0.39 is 0 Å². The number of likely N-dealkylation sites (N-methyl/N-ethyl adjacent to an activating group) is 1. The summed E-state index contributed by atoms with van der Waals surface area (Å²) in [5.74, 6) is 0. The second-order valence-electron chi connectivity index (χ2n) is 8.76. The number of pyridine rings is 1. The highest BCUT2D eigenvalue weighted by Gasteiger charge is 2.41. The third-order valence-electron chi connectivity index (χ3n) is 6.52. The minimum absolute atomic E-state index is 0.0726. The molecule has 2 aromatic rings. The summed E-state index contributed by atoms with van der Waals surface area (Å²) in [5, 5.41) is 4.42. The van der Waals surface area contributed by atoms with Crippen LogP contribution in [0.4, 0.5) is 0 Å². The number of rotatable bonds is 6. The average Bonchev–Trinajstić information content (AvgIpc) is 3.39. The van der Waals surface area contributed by atoms with E-state index in [1.54, 1.807) is 0 Å². The maximum atomic E-state index is 5.80. The van der Waals surface area contributed by atoms with Crippen molar-refractivity contribution in [2.24, 2.45) is 0 Å². The van der Waals surface area contributed by atoms with E-state index in [1.807, 2.05) is 12.3 Å². The van der Waals surface area contributed by atoms with E-state index in [0.717, 1.165) is 23.9 Å². The summed E-state index contributed by atoms with van der Waals surface area (Å²) in [7, 11) is 4.23. The van der Waals surface area contributed by atoms with Crippen LogP contribution in [0.15, 0.2) is 30.5 Å². The Morgan fingerprint density at radius 3 is 2.62 bits per heavy atom. The molecule has 0 bridgehead atoms. The van der Waals surface area contributed by atoms with E-state index in [4.69, 9.17) is 12.2 Å². The fourth-order valence-corrected chi connectivity index (χ4v) is 5.45. The van der Waals surface area contributed by atoms with Gasteiger partial charge in [-0.25, -0.2) is 0 Å². The molecule has 1 saturated heterocycles. The van der Waals surface area contributed by atoms with Crippen LogP contribution < -0.4 is 5.32 Å². The smallest absolute Gasteiger partial charge is 0.170 e. The fraction of sp³-hybridized carbons (Fsp3) is 0.565. The molecule has 29 heavy (non-hydrogen) atoms. The van der Waals surface area contributed by atoms with E-state index in [1.165, 1.54) is 42.6 Å². The molecule has 5 nitrogen and oxygen atoms in total. The largest absolute Gasteiger partial charge is 0.352 e. The maximum Gasteiger partial charge on any atom is 0.170 e. The molecule has 4 rings (SSSR count). The highest BCUT2D eigenvalue weighted by molar-refractivity contribution is 7.80. The Balaban J connectivity index is 1.75. The van der Waals surface area contributed by atoms with E-state index in [2.05, 4.69) is 70.8 Å². The quantitative estimate of drug-likeness (QED) is 0.723. The predicted molar refractivity (Wildman–Crippen MR) is 122 cm³/mol. The summed E-state index contributed by atoms with van der Waals surface area (Å²) in [5.41, 5.74) is 5.20. The van der Waals surface area contributed by atoms with Gasteiger partial charge >= 0.3 is 0 Å². The van der Waals surface area contributed by atoms with Crippen molar-refractivity contribution >= 4 is 17.3 Å². The van der Waals surface area contributed by atoms with Gasteiger partial charge in [-0.1, -0.05) is 18.9 Å². The van der Waals surface area contributed by atoms with Crippen LogP contribution in [0.25, 0.3) is 0 Å². The van der Waals surface area contributed by atoms with Gasteiger partial charge in [0, 0.05) is 36.7 Å². The molecule has 0 aromatic carbocycles. The first-order valence-electron chi connectivity index (χ1n) is 10.8. The number of aromatic nitrogens is 2. The van der Waals surface area contributed by atoms with Crippen molar-refractivity contribution < 1.29 is 0 Å². The van der Waals surface area contributed by atoms with Crippen LogP contribution in [-0.4, -0.2) is 51.6 Å². The Labute approximate surface area is 180 Å². The molecule has 2 aromatic heterocycles. The van der Waals surface area contributed by atoms with Crippen molar-refractivity contribution in [3.8, 4) is 0 Å². The van der Waals surface area contributed by atoms with Crippen LogP contribution in [-0.2, 0) is 0 Å². The second-order valence-corrected chi connectivity index (χ2v) is 9.14. The zero-order valence-electron chi connectivity index (χ0n) is 18.1. The van der Waals surface area contributed by atoms with Crippen LogP contribution in [0.5, 0.6) is 0 Å². The SMILES string of the molecule is Cc1cc(C2C(c3ccccn3)NC(=S)N2CCN(C)C)c(C)n1C1CCCC1. The van der Waals surface area contributed by atoms with E-state index in [0.29, 0.717) is 6.04 Å². The third-order valence-corrected chi connectivity index (χ3v) is 6.87. The molecule has 2 aliphatic rings. The summed E-state index contributed by atoms with van der Waals surface area (Å²) >= 11 is 5.80. The van der Waals surface area contributed by atoms with Gasteiger partial charge in [-0.05, 0) is 76.8 Å². The van der Waals surface area contributed by atoms with Crippen LogP contribution >= 0.6 is 12.2 Å². The van der Waals surface area contributed by atoms with E-state index in [9.17, 15) is 0 Å². The van der Waals surface area contributed by atoms with Crippen LogP contribution in [0.3, 0.4) is 0 Å². The normalized spacial score (nSPS) is 22.7. The molecule has 0 amide bonds. The highest BCUT2D eigenvalue weighted by Crippen LogP contribution is 2.42. The molecule has 1 aliphatic carbocycles. The van der Waals surface area contributed by atoms with Crippen LogP contribution in [0.2, 0.25) is 0 Å². The molecule has 1 saturated carbocycles. The molecule has 156 valence electrons. The fourth-order valence-electron chi connectivity index (χ4n) is 5.12. The Hall–Kier alpha value is -1.92. The summed E-state index contributed by atoms with van der Waals surface area (Å²) in [6.45, 7) is 6.42. The van der Waals surface area contributed by atoms with Crippen LogP contribution in [0.1, 0.15) is 66.5 Å². The van der Waals surface area contributed by atoms with Gasteiger partial charge < -0.3 is 19.7 Å². The van der Waals surface area contributed by atoms with Gasteiger partial charge in [0.1, 0.15) is 0 Å². The van der Waals surface area contributed by atoms with Crippen molar-refractivity contribution in [3.05, 3.63) is 53.1 Å². The summed E-state index contributed by atoms with van der Waals surface area (Å²) in [4.78, 5) is 9.26. The average molecular weight is 412 g/mol. The molecule has 6 heteroatoms. The van der Waals surface area contributed by atoms with Crippen molar-refractivity contribution in [1.82, 2.24) is 24.7 Å². The summed E-state index contributed by atoms with van der Waals surface area (Å²) < 4.78 is 2.59. The van der Waals surface area contributed by atoms with Crippen LogP contribution in [0, 0.1) is 13.8 Å². The molecule has 1 aliphatic heterocycles. The number of thiocarbonyl (C=S) groups is 1. The minimum atomic E-state index is 0.0726. The van der Waals surface area contributed by atoms with Gasteiger partial charge in [0.2, 0.25) is 0 Å². The van der Waals surface area contributed by atoms with Crippen molar-refractivity contribution in [2.45, 2.75) is 57.7 Å². The second kappa shape index (κ2) is 8.44. The van der Waals surface area contributed by atoms with E-state index in [-0.39, 0.29) is 12.1 Å². The molecule has 0 spiro atoms. The number of nitrogens with zero attached hydrogens (tertiary/aromatic N) is 4. The molecule has 0 radical (unpaired) electrons. The van der Waals surface area contributed by atoms with Gasteiger partial charge in [-0.15, -0.1) is 0 Å². The predicted octanol–water partition coefficient (Wildman–Crippen LogP) is 4.15. The lowest BCUT2D eigenvalue weighted by molar-refractivity contribution is 0.276. The number of nitrogens with one attached hydrogen (secondary N) is 1. The van der Waals surface area contributed by atoms with Gasteiger partial charge in [0.25, 0.3) is 0 Å². The van der Waals surface area contributed by atoms with Crippen molar-refractivity contribution in [3.63, 3.8) is 0 Å². The zero-order chi connectivity index (χ0) is 20.5. The van der Waals surface area contributed by atoms with Gasteiger partial charge in [-0.3, -0.25) is 4.98 Å². The Morgan fingerprint density at radius 1 is 1.21 bits per heavy atom. The maximum absolute atomic E-state index is 5.80. The minimum Gasteiger partial charge on any atom is -0.352 e. The number of aryl methyl sites for hydroxylation is 1.